The van der Waals surface area contributed by atoms with Crippen LogP contribution in [0.4, 0.5) is 0 Å². The van der Waals surface area contributed by atoms with E-state index in [4.69, 9.17) is 44.6 Å². The van der Waals surface area contributed by atoms with Crippen molar-refractivity contribution < 1.29 is 13.9 Å². The lowest BCUT2D eigenvalue weighted by Crippen LogP contribution is -2.41. The standard InChI is InChI=1S/C22H20Cl2N2O3S/c1-13-9-18(10-14(2)21(13)24)28-12-20(27)26-22(30)25-11-17-7-8-19(29-17)15-3-5-16(23)6-4-15/h3-10H,11-12H2,1-2H3,(H2,25,26,27,30). The van der Waals surface area contributed by atoms with Crippen LogP contribution in [0.5, 0.6) is 5.75 Å². The topological polar surface area (TPSA) is 63.5 Å². The molecule has 1 amide bonds. The van der Waals surface area contributed by atoms with Gasteiger partial charge in [-0.15, -0.1) is 0 Å². The molecule has 2 N–H and O–H groups in total. The third kappa shape index (κ3) is 5.98. The first-order valence-corrected chi connectivity index (χ1v) is 10.3. The van der Waals surface area contributed by atoms with Crippen molar-refractivity contribution in [2.24, 2.45) is 0 Å². The number of hydrogen-bond donors (Lipinski definition) is 2. The molecule has 0 aliphatic carbocycles. The second kappa shape index (κ2) is 9.98. The Hall–Kier alpha value is -2.54. The van der Waals surface area contributed by atoms with E-state index in [1.807, 2.05) is 38.1 Å². The van der Waals surface area contributed by atoms with Crippen LogP contribution in [-0.2, 0) is 11.3 Å². The van der Waals surface area contributed by atoms with Gasteiger partial charge >= 0.3 is 0 Å². The third-order valence-corrected chi connectivity index (χ3v) is 5.34. The van der Waals surface area contributed by atoms with E-state index < -0.39 is 0 Å². The average molecular weight is 463 g/mol. The number of nitrogens with one attached hydrogen (secondary N) is 2. The summed E-state index contributed by atoms with van der Waals surface area (Å²) in [4.78, 5) is 12.1. The smallest absolute Gasteiger partial charge is 0.264 e. The summed E-state index contributed by atoms with van der Waals surface area (Å²) < 4.78 is 11.3. The molecule has 0 saturated heterocycles. The van der Waals surface area contributed by atoms with Gasteiger partial charge < -0.3 is 19.8 Å². The summed E-state index contributed by atoms with van der Waals surface area (Å²) in [6.07, 6.45) is 0. The van der Waals surface area contributed by atoms with Crippen molar-refractivity contribution in [2.75, 3.05) is 6.61 Å². The quantitative estimate of drug-likeness (QED) is 0.477. The van der Waals surface area contributed by atoms with Crippen LogP contribution in [0.3, 0.4) is 0 Å². The molecule has 5 nitrogen and oxygen atoms in total. The van der Waals surface area contributed by atoms with Gasteiger partial charge in [0.2, 0.25) is 0 Å². The number of aryl methyl sites for hydroxylation is 2. The Kier molecular flexibility index (Phi) is 7.37. The van der Waals surface area contributed by atoms with E-state index in [0.717, 1.165) is 22.5 Å². The number of rotatable bonds is 6. The van der Waals surface area contributed by atoms with E-state index in [-0.39, 0.29) is 17.6 Å². The molecule has 2 aromatic carbocycles. The van der Waals surface area contributed by atoms with Gasteiger partial charge in [-0.05, 0) is 85.7 Å². The number of hydrogen-bond acceptors (Lipinski definition) is 4. The van der Waals surface area contributed by atoms with Gasteiger partial charge in [0.15, 0.2) is 11.7 Å². The maximum atomic E-state index is 12.1. The predicted molar refractivity (Wildman–Crippen MR) is 123 cm³/mol. The van der Waals surface area contributed by atoms with Crippen molar-refractivity contribution in [3.05, 3.63) is 75.5 Å². The summed E-state index contributed by atoms with van der Waals surface area (Å²) in [5, 5.41) is 7.06. The molecule has 0 fully saturated rings. The van der Waals surface area contributed by atoms with E-state index in [1.54, 1.807) is 24.3 Å². The Balaban J connectivity index is 1.45. The molecular weight excluding hydrogens is 443 g/mol. The van der Waals surface area contributed by atoms with Crippen LogP contribution in [-0.4, -0.2) is 17.6 Å². The van der Waals surface area contributed by atoms with Gasteiger partial charge in [0.25, 0.3) is 5.91 Å². The lowest BCUT2D eigenvalue weighted by Gasteiger charge is -2.11. The Morgan fingerprint density at radius 3 is 2.40 bits per heavy atom. The van der Waals surface area contributed by atoms with Crippen molar-refractivity contribution in [3.63, 3.8) is 0 Å². The van der Waals surface area contributed by atoms with Gasteiger partial charge in [-0.25, -0.2) is 0 Å². The number of furan rings is 1. The van der Waals surface area contributed by atoms with Crippen LogP contribution >= 0.6 is 35.4 Å². The van der Waals surface area contributed by atoms with Gasteiger partial charge in [-0.3, -0.25) is 4.79 Å². The molecule has 156 valence electrons. The first kappa shape index (κ1) is 22.2. The minimum Gasteiger partial charge on any atom is -0.484 e. The first-order valence-electron chi connectivity index (χ1n) is 9.13. The number of ether oxygens (including phenoxy) is 1. The van der Waals surface area contributed by atoms with Gasteiger partial charge in [-0.2, -0.15) is 0 Å². The number of thiocarbonyl (C=S) groups is 1. The van der Waals surface area contributed by atoms with Crippen LogP contribution in [0, 0.1) is 13.8 Å². The van der Waals surface area contributed by atoms with E-state index in [1.165, 1.54) is 0 Å². The molecule has 30 heavy (non-hydrogen) atoms. The Bertz CT molecular complexity index is 1040. The molecule has 1 aromatic heterocycles. The minimum atomic E-state index is -0.362. The monoisotopic (exact) mass is 462 g/mol. The van der Waals surface area contributed by atoms with E-state index in [0.29, 0.717) is 28.1 Å². The second-order valence-electron chi connectivity index (χ2n) is 6.66. The first-order chi connectivity index (χ1) is 14.3. The Labute approximate surface area is 190 Å². The summed E-state index contributed by atoms with van der Waals surface area (Å²) >= 11 is 17.2. The molecule has 0 bridgehead atoms. The van der Waals surface area contributed by atoms with Crippen molar-refractivity contribution in [1.29, 1.82) is 0 Å². The normalized spacial score (nSPS) is 10.5. The number of amides is 1. The molecule has 1 heterocycles. The third-order valence-electron chi connectivity index (χ3n) is 4.25. The van der Waals surface area contributed by atoms with Crippen LogP contribution < -0.4 is 15.4 Å². The summed E-state index contributed by atoms with van der Waals surface area (Å²) in [5.41, 5.74) is 2.70. The lowest BCUT2D eigenvalue weighted by molar-refractivity contribution is -0.121. The van der Waals surface area contributed by atoms with Crippen molar-refractivity contribution in [2.45, 2.75) is 20.4 Å². The zero-order valence-corrected chi connectivity index (χ0v) is 18.8. The number of carbonyl (C=O) groups is 1. The van der Waals surface area contributed by atoms with E-state index >= 15 is 0 Å². The van der Waals surface area contributed by atoms with Crippen LogP contribution in [0.15, 0.2) is 52.9 Å². The SMILES string of the molecule is Cc1cc(OCC(=O)NC(=S)NCc2ccc(-c3ccc(Cl)cc3)o2)cc(C)c1Cl. The predicted octanol–water partition coefficient (Wildman–Crippen LogP) is 5.44. The summed E-state index contributed by atoms with van der Waals surface area (Å²) in [6, 6.07) is 14.7. The van der Waals surface area contributed by atoms with E-state index in [2.05, 4.69) is 10.6 Å². The summed E-state index contributed by atoms with van der Waals surface area (Å²) in [7, 11) is 0. The largest absolute Gasteiger partial charge is 0.484 e. The average Bonchev–Trinajstić information content (AvgIpc) is 3.18. The zero-order valence-electron chi connectivity index (χ0n) is 16.4. The summed E-state index contributed by atoms with van der Waals surface area (Å²) in [6.45, 7) is 3.94. The second-order valence-corrected chi connectivity index (χ2v) is 7.89. The van der Waals surface area contributed by atoms with Gasteiger partial charge in [0.1, 0.15) is 17.3 Å². The van der Waals surface area contributed by atoms with Gasteiger partial charge in [0, 0.05) is 15.6 Å². The van der Waals surface area contributed by atoms with Gasteiger partial charge in [-0.1, -0.05) is 23.2 Å². The fourth-order valence-electron chi connectivity index (χ4n) is 2.75. The number of carbonyl (C=O) groups excluding carboxylic acids is 1. The zero-order chi connectivity index (χ0) is 21.7. The number of benzene rings is 2. The molecule has 3 aromatic rings. The van der Waals surface area contributed by atoms with Gasteiger partial charge in [0.05, 0.1) is 6.54 Å². The molecule has 3 rings (SSSR count). The van der Waals surface area contributed by atoms with Crippen LogP contribution in [0.2, 0.25) is 10.0 Å². The molecule has 0 aliphatic heterocycles. The highest BCUT2D eigenvalue weighted by Crippen LogP contribution is 2.26. The van der Waals surface area contributed by atoms with Crippen LogP contribution in [0.1, 0.15) is 16.9 Å². The molecule has 0 spiro atoms. The maximum absolute atomic E-state index is 12.1. The fourth-order valence-corrected chi connectivity index (χ4v) is 3.18. The minimum absolute atomic E-state index is 0.163. The molecule has 0 atom stereocenters. The fraction of sp³-hybridized carbons (Fsp3) is 0.182. The van der Waals surface area contributed by atoms with Crippen molar-refractivity contribution >= 4 is 46.4 Å². The van der Waals surface area contributed by atoms with E-state index in [9.17, 15) is 4.79 Å². The molecule has 0 radical (unpaired) electrons. The van der Waals surface area contributed by atoms with Crippen LogP contribution in [0.25, 0.3) is 11.3 Å². The molecule has 8 heteroatoms. The molecule has 0 saturated carbocycles. The molecular formula is C22H20Cl2N2O3S. The highest BCUT2D eigenvalue weighted by Gasteiger charge is 2.09. The molecule has 0 aliphatic rings. The van der Waals surface area contributed by atoms with Crippen molar-refractivity contribution in [3.8, 4) is 17.1 Å². The Morgan fingerprint density at radius 2 is 1.73 bits per heavy atom. The maximum Gasteiger partial charge on any atom is 0.264 e. The number of halogens is 2. The highest BCUT2D eigenvalue weighted by molar-refractivity contribution is 7.80. The molecule has 0 unspecified atom stereocenters. The highest BCUT2D eigenvalue weighted by atomic mass is 35.5. The van der Waals surface area contributed by atoms with Crippen molar-refractivity contribution in [1.82, 2.24) is 10.6 Å². The Morgan fingerprint density at radius 1 is 1.07 bits per heavy atom. The lowest BCUT2D eigenvalue weighted by atomic mass is 10.1. The summed E-state index contributed by atoms with van der Waals surface area (Å²) in [5.74, 6) is 1.62.